The van der Waals surface area contributed by atoms with Gasteiger partial charge in [-0.25, -0.2) is 9.37 Å². The lowest BCUT2D eigenvalue weighted by Crippen LogP contribution is -2.21. The summed E-state index contributed by atoms with van der Waals surface area (Å²) < 4.78 is 18.5. The molecule has 0 bridgehead atoms. The summed E-state index contributed by atoms with van der Waals surface area (Å²) in [4.78, 5) is 14.5. The van der Waals surface area contributed by atoms with Gasteiger partial charge in [-0.1, -0.05) is 13.8 Å². The fourth-order valence-corrected chi connectivity index (χ4v) is 1.66. The van der Waals surface area contributed by atoms with Crippen LogP contribution in [0.3, 0.4) is 0 Å². The molecule has 0 aliphatic rings. The molecule has 6 nitrogen and oxygen atoms in total. The number of nitro benzene ring substituents is 1. The van der Waals surface area contributed by atoms with Crippen LogP contribution in [-0.4, -0.2) is 15.9 Å². The number of halogens is 1. The monoisotopic (exact) mass is 279 g/mol. The Hall–Kier alpha value is -2.28. The van der Waals surface area contributed by atoms with E-state index in [0.29, 0.717) is 12.2 Å². The van der Waals surface area contributed by atoms with E-state index in [9.17, 15) is 14.5 Å². The third kappa shape index (κ3) is 3.18. The Balaban J connectivity index is 2.32. The molecule has 20 heavy (non-hydrogen) atoms. The predicted octanol–water partition coefficient (Wildman–Crippen LogP) is 2.89. The summed E-state index contributed by atoms with van der Waals surface area (Å²) in [7, 11) is 0. The normalized spacial score (nSPS) is 11.0. The van der Waals surface area contributed by atoms with Crippen molar-refractivity contribution in [2.24, 2.45) is 0 Å². The zero-order chi connectivity index (χ0) is 14.7. The summed E-state index contributed by atoms with van der Waals surface area (Å²) >= 11 is 0. The second kappa shape index (κ2) is 5.79. The van der Waals surface area contributed by atoms with Crippen LogP contribution in [0.1, 0.15) is 19.5 Å². The van der Waals surface area contributed by atoms with Gasteiger partial charge in [0.05, 0.1) is 10.6 Å². The van der Waals surface area contributed by atoms with Crippen molar-refractivity contribution in [3.05, 3.63) is 46.1 Å². The molecule has 2 aromatic rings. The lowest BCUT2D eigenvalue weighted by atomic mass is 10.2. The Kier molecular flexibility index (Phi) is 4.09. The third-order valence-electron chi connectivity index (χ3n) is 2.63. The lowest BCUT2D eigenvalue weighted by Gasteiger charge is -2.04. The number of nitro groups is 1. The van der Waals surface area contributed by atoms with E-state index in [1.807, 2.05) is 13.8 Å². The van der Waals surface area contributed by atoms with E-state index in [2.05, 4.69) is 10.3 Å². The van der Waals surface area contributed by atoms with E-state index in [0.717, 1.165) is 18.2 Å². The third-order valence-corrected chi connectivity index (χ3v) is 2.63. The van der Waals surface area contributed by atoms with Gasteiger partial charge in [0.15, 0.2) is 0 Å². The molecular formula is C13H14FN3O3. The smallest absolute Gasteiger partial charge is 0.282 e. The maximum atomic E-state index is 13.3. The van der Waals surface area contributed by atoms with E-state index in [-0.39, 0.29) is 23.2 Å². The molecule has 0 saturated heterocycles. The second-order valence-electron chi connectivity index (χ2n) is 4.60. The summed E-state index contributed by atoms with van der Waals surface area (Å²) in [5, 5.41) is 14.1. The molecule has 0 radical (unpaired) electrons. The van der Waals surface area contributed by atoms with Gasteiger partial charge in [0, 0.05) is 18.7 Å². The Labute approximate surface area is 114 Å². The van der Waals surface area contributed by atoms with Gasteiger partial charge in [-0.15, -0.1) is 0 Å². The first-order valence-electron chi connectivity index (χ1n) is 6.09. The van der Waals surface area contributed by atoms with Crippen molar-refractivity contribution < 1.29 is 13.7 Å². The largest absolute Gasteiger partial charge is 0.444 e. The summed E-state index contributed by atoms with van der Waals surface area (Å²) in [5.74, 6) is -0.539. The zero-order valence-electron chi connectivity index (χ0n) is 11.1. The minimum absolute atomic E-state index is 0.0331. The van der Waals surface area contributed by atoms with Gasteiger partial charge in [-0.3, -0.25) is 10.1 Å². The maximum absolute atomic E-state index is 13.3. The molecule has 0 atom stereocenters. The highest BCUT2D eigenvalue weighted by molar-refractivity contribution is 5.66. The minimum atomic E-state index is -0.592. The molecule has 106 valence electrons. The number of hydrogen-bond donors (Lipinski definition) is 1. The topological polar surface area (TPSA) is 81.2 Å². The molecule has 0 unspecified atom stereocenters. The molecule has 0 amide bonds. The summed E-state index contributed by atoms with van der Waals surface area (Å²) in [6.45, 7) is 4.45. The number of nitrogens with one attached hydrogen (secondary N) is 1. The molecule has 1 aromatic carbocycles. The van der Waals surface area contributed by atoms with Gasteiger partial charge in [0.1, 0.15) is 17.6 Å². The van der Waals surface area contributed by atoms with Crippen molar-refractivity contribution in [1.29, 1.82) is 0 Å². The summed E-state index contributed by atoms with van der Waals surface area (Å²) in [6.07, 6.45) is 1.40. The number of aromatic nitrogens is 1. The number of nitrogens with zero attached hydrogens (tertiary/aromatic N) is 2. The highest BCUT2D eigenvalue weighted by Gasteiger charge is 2.20. The summed E-state index contributed by atoms with van der Waals surface area (Å²) in [6, 6.07) is 3.45. The second-order valence-corrected chi connectivity index (χ2v) is 4.60. The first-order chi connectivity index (χ1) is 9.47. The van der Waals surface area contributed by atoms with Crippen LogP contribution in [-0.2, 0) is 6.54 Å². The Bertz CT molecular complexity index is 625. The molecular weight excluding hydrogens is 265 g/mol. The fraction of sp³-hybridized carbons (Fsp3) is 0.308. The number of hydrogen-bond acceptors (Lipinski definition) is 5. The van der Waals surface area contributed by atoms with Gasteiger partial charge >= 0.3 is 0 Å². The molecule has 0 aliphatic carbocycles. The lowest BCUT2D eigenvalue weighted by molar-refractivity contribution is -0.384. The molecule has 0 saturated carbocycles. The van der Waals surface area contributed by atoms with Gasteiger partial charge in [0.25, 0.3) is 5.69 Å². The molecule has 1 heterocycles. The van der Waals surface area contributed by atoms with Crippen LogP contribution in [0.5, 0.6) is 0 Å². The van der Waals surface area contributed by atoms with Gasteiger partial charge in [0.2, 0.25) is 5.89 Å². The molecule has 2 rings (SSSR count). The standard InChI is InChI=1S/C13H14FN3O3/c1-8(2)15-6-10-7-20-13(16-10)11-5-9(14)3-4-12(11)17(18)19/h3-5,7-8,15H,6H2,1-2H3. The van der Waals surface area contributed by atoms with Crippen molar-refractivity contribution in [3.63, 3.8) is 0 Å². The van der Waals surface area contributed by atoms with Crippen LogP contribution in [0.4, 0.5) is 10.1 Å². The number of oxazole rings is 1. The van der Waals surface area contributed by atoms with Crippen molar-refractivity contribution in [1.82, 2.24) is 10.3 Å². The average Bonchev–Trinajstić information content (AvgIpc) is 2.84. The van der Waals surface area contributed by atoms with Crippen LogP contribution >= 0.6 is 0 Å². The SMILES string of the molecule is CC(C)NCc1coc(-c2cc(F)ccc2[N+](=O)[O-])n1. The number of rotatable bonds is 5. The van der Waals surface area contributed by atoms with E-state index < -0.39 is 10.7 Å². The van der Waals surface area contributed by atoms with Crippen LogP contribution in [0, 0.1) is 15.9 Å². The molecule has 0 fully saturated rings. The zero-order valence-corrected chi connectivity index (χ0v) is 11.1. The maximum Gasteiger partial charge on any atom is 0.282 e. The molecule has 7 heteroatoms. The van der Waals surface area contributed by atoms with Gasteiger partial charge in [-0.2, -0.15) is 0 Å². The van der Waals surface area contributed by atoms with Crippen LogP contribution in [0.2, 0.25) is 0 Å². The van der Waals surface area contributed by atoms with Crippen molar-refractivity contribution >= 4 is 5.69 Å². The quantitative estimate of drug-likeness (QED) is 0.672. The van der Waals surface area contributed by atoms with E-state index in [4.69, 9.17) is 4.42 Å². The Morgan fingerprint density at radius 2 is 2.25 bits per heavy atom. The van der Waals surface area contributed by atoms with Gasteiger partial charge in [-0.05, 0) is 12.1 Å². The molecule has 1 N–H and O–H groups in total. The number of benzene rings is 1. The van der Waals surface area contributed by atoms with Crippen LogP contribution in [0.15, 0.2) is 28.9 Å². The van der Waals surface area contributed by atoms with Gasteiger partial charge < -0.3 is 9.73 Å². The molecule has 0 aliphatic heterocycles. The highest BCUT2D eigenvalue weighted by atomic mass is 19.1. The van der Waals surface area contributed by atoms with E-state index >= 15 is 0 Å². The highest BCUT2D eigenvalue weighted by Crippen LogP contribution is 2.29. The summed E-state index contributed by atoms with van der Waals surface area (Å²) in [5.41, 5.74) is 0.398. The van der Waals surface area contributed by atoms with Crippen LogP contribution in [0.25, 0.3) is 11.5 Å². The average molecular weight is 279 g/mol. The molecule has 0 spiro atoms. The fourth-order valence-electron chi connectivity index (χ4n) is 1.66. The Morgan fingerprint density at radius 1 is 1.50 bits per heavy atom. The first-order valence-corrected chi connectivity index (χ1v) is 6.09. The first kappa shape index (κ1) is 14.1. The van der Waals surface area contributed by atoms with Crippen LogP contribution < -0.4 is 5.32 Å². The Morgan fingerprint density at radius 3 is 2.90 bits per heavy atom. The van der Waals surface area contributed by atoms with E-state index in [1.165, 1.54) is 6.26 Å². The molecule has 1 aromatic heterocycles. The minimum Gasteiger partial charge on any atom is -0.444 e. The van der Waals surface area contributed by atoms with Crippen molar-refractivity contribution in [2.75, 3.05) is 0 Å². The van der Waals surface area contributed by atoms with Crippen molar-refractivity contribution in [3.8, 4) is 11.5 Å². The van der Waals surface area contributed by atoms with Crippen molar-refractivity contribution in [2.45, 2.75) is 26.4 Å². The van der Waals surface area contributed by atoms with E-state index in [1.54, 1.807) is 0 Å². The predicted molar refractivity (Wildman–Crippen MR) is 70.5 cm³/mol.